The summed E-state index contributed by atoms with van der Waals surface area (Å²) in [5.74, 6) is -2.73. The molecule has 0 amide bonds. The van der Waals surface area contributed by atoms with E-state index in [2.05, 4.69) is 13.8 Å². The van der Waals surface area contributed by atoms with Crippen LogP contribution >= 0.6 is 0 Å². The van der Waals surface area contributed by atoms with E-state index in [1.165, 1.54) is 7.11 Å². The number of sulfone groups is 1. The van der Waals surface area contributed by atoms with Crippen molar-refractivity contribution in [2.24, 2.45) is 28.7 Å². The lowest BCUT2D eigenvalue weighted by molar-refractivity contribution is -0.158. The van der Waals surface area contributed by atoms with Crippen LogP contribution in [0.15, 0.2) is 4.99 Å². The van der Waals surface area contributed by atoms with E-state index in [9.17, 15) is 18.0 Å². The van der Waals surface area contributed by atoms with Crippen molar-refractivity contribution in [2.45, 2.75) is 71.9 Å². The third kappa shape index (κ3) is 6.27. The fourth-order valence-electron chi connectivity index (χ4n) is 4.32. The Bertz CT molecular complexity index is 752. The molecule has 166 valence electrons. The molecule has 1 saturated carbocycles. The second kappa shape index (κ2) is 9.14. The topological polar surface area (TPSA) is 99.1 Å². The molecular weight excluding hydrogens is 394 g/mol. The van der Waals surface area contributed by atoms with Crippen LogP contribution in [-0.2, 0) is 28.9 Å². The van der Waals surface area contributed by atoms with Crippen molar-refractivity contribution in [1.82, 2.24) is 0 Å². The van der Waals surface area contributed by atoms with Crippen LogP contribution in [-0.4, -0.2) is 56.3 Å². The first-order valence-corrected chi connectivity index (χ1v) is 12.3. The van der Waals surface area contributed by atoms with Crippen molar-refractivity contribution in [3.8, 4) is 0 Å². The number of ether oxygens (including phenoxy) is 2. The van der Waals surface area contributed by atoms with Gasteiger partial charge in [0.25, 0.3) is 0 Å². The van der Waals surface area contributed by atoms with Gasteiger partial charge in [0.05, 0.1) is 24.5 Å². The summed E-state index contributed by atoms with van der Waals surface area (Å²) in [5.41, 5.74) is 0.202. The number of hydrogen-bond donors (Lipinski definition) is 0. The highest BCUT2D eigenvalue weighted by Gasteiger charge is 2.49. The van der Waals surface area contributed by atoms with Crippen molar-refractivity contribution in [3.05, 3.63) is 0 Å². The van der Waals surface area contributed by atoms with Gasteiger partial charge in [0.15, 0.2) is 15.9 Å². The number of carbonyl (C=O) groups is 2. The Morgan fingerprint density at radius 2 is 1.86 bits per heavy atom. The minimum absolute atomic E-state index is 0.264. The molecule has 0 radical (unpaired) electrons. The summed E-state index contributed by atoms with van der Waals surface area (Å²) < 4.78 is 35.1. The highest BCUT2D eigenvalue weighted by atomic mass is 32.2. The largest absolute Gasteiger partial charge is 0.469 e. The zero-order valence-corrected chi connectivity index (χ0v) is 19.3. The third-order valence-electron chi connectivity index (χ3n) is 5.79. The normalized spacial score (nSPS) is 32.0. The maximum absolute atomic E-state index is 13.1. The summed E-state index contributed by atoms with van der Waals surface area (Å²) in [6.45, 7) is 9.53. The fraction of sp³-hybridized carbons (Fsp3) is 0.857. The van der Waals surface area contributed by atoms with Gasteiger partial charge in [-0.05, 0) is 58.3 Å². The number of hydrogen-bond acceptors (Lipinski definition) is 7. The van der Waals surface area contributed by atoms with E-state index in [-0.39, 0.29) is 17.4 Å². The molecule has 2 aliphatic rings. The lowest BCUT2D eigenvalue weighted by Crippen LogP contribution is -2.41. The van der Waals surface area contributed by atoms with Crippen molar-refractivity contribution in [1.29, 1.82) is 0 Å². The predicted octanol–water partition coefficient (Wildman–Crippen LogP) is 2.82. The van der Waals surface area contributed by atoms with Crippen LogP contribution in [0.25, 0.3) is 0 Å². The van der Waals surface area contributed by atoms with Gasteiger partial charge in [-0.2, -0.15) is 0 Å². The first-order valence-electron chi connectivity index (χ1n) is 10.4. The maximum Gasteiger partial charge on any atom is 0.331 e. The maximum atomic E-state index is 13.1. The van der Waals surface area contributed by atoms with Crippen LogP contribution in [0.3, 0.4) is 0 Å². The minimum Gasteiger partial charge on any atom is -0.469 e. The smallest absolute Gasteiger partial charge is 0.331 e. The summed E-state index contributed by atoms with van der Waals surface area (Å²) in [6.07, 6.45) is 3.80. The minimum atomic E-state index is -3.47. The molecule has 2 rings (SSSR count). The molecule has 29 heavy (non-hydrogen) atoms. The summed E-state index contributed by atoms with van der Waals surface area (Å²) in [5, 5.41) is 0. The molecule has 0 aromatic heterocycles. The van der Waals surface area contributed by atoms with E-state index in [0.717, 1.165) is 31.4 Å². The second-order valence-corrected chi connectivity index (χ2v) is 11.6. The molecule has 0 spiro atoms. The molecule has 7 nitrogen and oxygen atoms in total. The monoisotopic (exact) mass is 429 g/mol. The van der Waals surface area contributed by atoms with E-state index in [1.54, 1.807) is 20.8 Å². The molecule has 1 aliphatic carbocycles. The molecule has 1 aliphatic heterocycles. The number of methoxy groups -OCH3 is 1. The Morgan fingerprint density at radius 1 is 1.21 bits per heavy atom. The lowest BCUT2D eigenvalue weighted by Gasteiger charge is -2.31. The summed E-state index contributed by atoms with van der Waals surface area (Å²) in [7, 11) is -2.24. The van der Waals surface area contributed by atoms with Crippen molar-refractivity contribution < 1.29 is 27.5 Å². The molecule has 5 atom stereocenters. The SMILES string of the molecule is CCC1CCC(C)CC1=N[C@H](C(=O)OC(C)(C)C)[C@H]1CS(=O)(=O)C[C@H]1C(=O)OC. The van der Waals surface area contributed by atoms with Crippen LogP contribution in [0.4, 0.5) is 0 Å². The van der Waals surface area contributed by atoms with E-state index in [0.29, 0.717) is 5.92 Å². The summed E-state index contributed by atoms with van der Waals surface area (Å²) in [4.78, 5) is 30.2. The first kappa shape index (κ1) is 23.8. The van der Waals surface area contributed by atoms with Gasteiger partial charge >= 0.3 is 11.9 Å². The highest BCUT2D eigenvalue weighted by molar-refractivity contribution is 7.91. The third-order valence-corrected chi connectivity index (χ3v) is 7.55. The molecule has 8 heteroatoms. The van der Waals surface area contributed by atoms with Crippen molar-refractivity contribution >= 4 is 27.5 Å². The van der Waals surface area contributed by atoms with Crippen molar-refractivity contribution in [2.75, 3.05) is 18.6 Å². The molecule has 1 heterocycles. The molecule has 2 fully saturated rings. The standard InChI is InChI=1S/C21H35NO6S/c1-7-14-9-8-13(2)10-17(14)22-18(20(24)28-21(3,4)5)15-11-29(25,26)12-16(15)19(23)27-6/h13-16,18H,7-12H2,1-6H3/t13?,14?,15-,16+,18-/m0/s1. The van der Waals surface area contributed by atoms with Gasteiger partial charge in [-0.1, -0.05) is 13.8 Å². The van der Waals surface area contributed by atoms with Crippen molar-refractivity contribution in [3.63, 3.8) is 0 Å². The molecule has 0 aromatic carbocycles. The average Bonchev–Trinajstić information content (AvgIpc) is 2.92. The van der Waals surface area contributed by atoms with Gasteiger partial charge in [-0.3, -0.25) is 9.79 Å². The fourth-order valence-corrected chi connectivity index (χ4v) is 6.39. The summed E-state index contributed by atoms with van der Waals surface area (Å²) >= 11 is 0. The van der Waals surface area contributed by atoms with Crippen LogP contribution in [0, 0.1) is 23.7 Å². The second-order valence-electron chi connectivity index (χ2n) is 9.46. The predicted molar refractivity (Wildman–Crippen MR) is 112 cm³/mol. The average molecular weight is 430 g/mol. The Balaban J connectivity index is 2.47. The number of carbonyl (C=O) groups excluding carboxylic acids is 2. The number of aliphatic imine (C=N–C) groups is 1. The van der Waals surface area contributed by atoms with Crippen LogP contribution in [0.1, 0.15) is 60.3 Å². The van der Waals surface area contributed by atoms with Gasteiger partial charge in [-0.25, -0.2) is 13.2 Å². The van der Waals surface area contributed by atoms with Crippen LogP contribution in [0.5, 0.6) is 0 Å². The Morgan fingerprint density at radius 3 is 2.41 bits per heavy atom. The molecule has 0 N–H and O–H groups in total. The van der Waals surface area contributed by atoms with Gasteiger partial charge in [0, 0.05) is 11.6 Å². The van der Waals surface area contributed by atoms with Gasteiger partial charge in [0.1, 0.15) is 5.60 Å². The quantitative estimate of drug-likeness (QED) is 0.623. The van der Waals surface area contributed by atoms with E-state index < -0.39 is 45.3 Å². The highest BCUT2D eigenvalue weighted by Crippen LogP contribution is 2.35. The molecule has 0 aromatic rings. The number of rotatable bonds is 5. The van der Waals surface area contributed by atoms with Gasteiger partial charge in [-0.15, -0.1) is 0 Å². The Labute approximate surface area is 174 Å². The molecular formula is C21H35NO6S. The molecule has 1 saturated heterocycles. The number of nitrogens with zero attached hydrogens (tertiary/aromatic N) is 1. The van der Waals surface area contributed by atoms with Crippen LogP contribution < -0.4 is 0 Å². The van der Waals surface area contributed by atoms with E-state index in [4.69, 9.17) is 14.5 Å². The Hall–Kier alpha value is -1.44. The Kier molecular flexibility index (Phi) is 7.52. The van der Waals surface area contributed by atoms with E-state index in [1.807, 2.05) is 0 Å². The lowest BCUT2D eigenvalue weighted by atomic mass is 9.79. The van der Waals surface area contributed by atoms with E-state index >= 15 is 0 Å². The van der Waals surface area contributed by atoms with Gasteiger partial charge < -0.3 is 9.47 Å². The summed E-state index contributed by atoms with van der Waals surface area (Å²) in [6, 6.07) is -1.02. The van der Waals surface area contributed by atoms with Gasteiger partial charge in [0.2, 0.25) is 0 Å². The zero-order valence-electron chi connectivity index (χ0n) is 18.4. The zero-order chi connectivity index (χ0) is 22.0. The number of esters is 2. The molecule has 0 bridgehead atoms. The van der Waals surface area contributed by atoms with Crippen LogP contribution in [0.2, 0.25) is 0 Å². The first-order chi connectivity index (χ1) is 13.4. The molecule has 2 unspecified atom stereocenters.